The Morgan fingerprint density at radius 2 is 2.05 bits per heavy atom. The first-order valence-corrected chi connectivity index (χ1v) is 6.81. The predicted molar refractivity (Wildman–Crippen MR) is 72.8 cm³/mol. The van der Waals surface area contributed by atoms with Gasteiger partial charge in [-0.1, -0.05) is 18.6 Å². The highest BCUT2D eigenvalue weighted by atomic mass is 16.5. The number of benzene rings is 1. The molecule has 4 nitrogen and oxygen atoms in total. The Bertz CT molecular complexity index is 418. The molecule has 2 N–H and O–H groups in total. The van der Waals surface area contributed by atoms with E-state index in [0.29, 0.717) is 13.2 Å². The van der Waals surface area contributed by atoms with Crippen LogP contribution in [-0.4, -0.2) is 24.2 Å². The first-order valence-electron chi connectivity index (χ1n) is 6.81. The average Bonchev–Trinajstić information content (AvgIpc) is 2.38. The van der Waals surface area contributed by atoms with E-state index in [0.717, 1.165) is 30.6 Å². The normalized spacial score (nSPS) is 16.5. The lowest BCUT2D eigenvalue weighted by Gasteiger charge is -2.38. The molecule has 4 heteroatoms. The highest BCUT2D eigenvalue weighted by molar-refractivity contribution is 5.83. The average molecular weight is 263 g/mol. The van der Waals surface area contributed by atoms with Crippen LogP contribution in [0.4, 0.5) is 0 Å². The molecular weight excluding hydrogens is 242 g/mol. The first kappa shape index (κ1) is 13.9. The third kappa shape index (κ3) is 3.07. The Kier molecular flexibility index (Phi) is 4.43. The van der Waals surface area contributed by atoms with Gasteiger partial charge in [0.1, 0.15) is 5.75 Å². The summed E-state index contributed by atoms with van der Waals surface area (Å²) in [5, 5.41) is 12.2. The number of aliphatic hydroxyl groups is 1. The standard InChI is InChI=1S/C15H21NO3/c1-2-19-13-6-4-12(5-7-13)10-16-14(18)15(11-17)8-3-9-15/h4-7,17H,2-3,8-11H2,1H3,(H,16,18). The first-order chi connectivity index (χ1) is 9.20. The molecular formula is C15H21NO3. The van der Waals surface area contributed by atoms with Gasteiger partial charge in [-0.3, -0.25) is 4.79 Å². The molecule has 0 aliphatic heterocycles. The van der Waals surface area contributed by atoms with Gasteiger partial charge in [0.2, 0.25) is 5.91 Å². The van der Waals surface area contributed by atoms with E-state index in [1.54, 1.807) is 0 Å². The summed E-state index contributed by atoms with van der Waals surface area (Å²) in [5.74, 6) is 0.804. The van der Waals surface area contributed by atoms with Gasteiger partial charge in [0.05, 0.1) is 18.6 Å². The molecule has 1 saturated carbocycles. The zero-order valence-corrected chi connectivity index (χ0v) is 11.3. The SMILES string of the molecule is CCOc1ccc(CNC(=O)C2(CO)CCC2)cc1. The van der Waals surface area contributed by atoms with E-state index in [2.05, 4.69) is 5.32 Å². The van der Waals surface area contributed by atoms with E-state index >= 15 is 0 Å². The summed E-state index contributed by atoms with van der Waals surface area (Å²) in [7, 11) is 0. The monoisotopic (exact) mass is 263 g/mol. The number of hydrogen-bond donors (Lipinski definition) is 2. The minimum absolute atomic E-state index is 0.0323. The number of carbonyl (C=O) groups excluding carboxylic acids is 1. The molecule has 0 atom stereocenters. The maximum Gasteiger partial charge on any atom is 0.228 e. The lowest BCUT2D eigenvalue weighted by Crippen LogP contribution is -2.47. The van der Waals surface area contributed by atoms with Crippen molar-refractivity contribution < 1.29 is 14.6 Å². The van der Waals surface area contributed by atoms with Crippen molar-refractivity contribution in [2.75, 3.05) is 13.2 Å². The molecule has 1 aliphatic rings. The fraction of sp³-hybridized carbons (Fsp3) is 0.533. The van der Waals surface area contributed by atoms with E-state index in [1.807, 2.05) is 31.2 Å². The zero-order chi connectivity index (χ0) is 13.7. The smallest absolute Gasteiger partial charge is 0.228 e. The van der Waals surface area contributed by atoms with Crippen molar-refractivity contribution in [1.82, 2.24) is 5.32 Å². The van der Waals surface area contributed by atoms with Gasteiger partial charge in [0, 0.05) is 6.54 Å². The van der Waals surface area contributed by atoms with Crippen LogP contribution < -0.4 is 10.1 Å². The van der Waals surface area contributed by atoms with Crippen LogP contribution >= 0.6 is 0 Å². The molecule has 0 spiro atoms. The van der Waals surface area contributed by atoms with Crippen LogP contribution in [0, 0.1) is 5.41 Å². The Morgan fingerprint density at radius 1 is 1.37 bits per heavy atom. The van der Waals surface area contributed by atoms with Crippen LogP contribution in [0.5, 0.6) is 5.75 Å². The van der Waals surface area contributed by atoms with Crippen LogP contribution in [0.15, 0.2) is 24.3 Å². The number of nitrogens with one attached hydrogen (secondary N) is 1. The lowest BCUT2D eigenvalue weighted by molar-refractivity contribution is -0.139. The molecule has 104 valence electrons. The molecule has 0 bridgehead atoms. The Balaban J connectivity index is 1.86. The van der Waals surface area contributed by atoms with E-state index in [9.17, 15) is 9.90 Å². The molecule has 0 heterocycles. The third-order valence-electron chi connectivity index (χ3n) is 3.78. The van der Waals surface area contributed by atoms with Gasteiger partial charge in [-0.15, -0.1) is 0 Å². The van der Waals surface area contributed by atoms with Crippen LogP contribution in [0.3, 0.4) is 0 Å². The van der Waals surface area contributed by atoms with E-state index in [4.69, 9.17) is 4.74 Å². The number of hydrogen-bond acceptors (Lipinski definition) is 3. The van der Waals surface area contributed by atoms with Crippen molar-refractivity contribution in [2.24, 2.45) is 5.41 Å². The number of rotatable bonds is 6. The summed E-state index contributed by atoms with van der Waals surface area (Å²) < 4.78 is 5.36. The molecule has 1 aromatic rings. The Morgan fingerprint density at radius 3 is 2.53 bits per heavy atom. The van der Waals surface area contributed by atoms with Gasteiger partial charge >= 0.3 is 0 Å². The zero-order valence-electron chi connectivity index (χ0n) is 11.3. The lowest BCUT2D eigenvalue weighted by atomic mass is 9.68. The number of ether oxygens (including phenoxy) is 1. The Labute approximate surface area is 113 Å². The van der Waals surface area contributed by atoms with Crippen LogP contribution in [0.25, 0.3) is 0 Å². The molecule has 19 heavy (non-hydrogen) atoms. The van der Waals surface area contributed by atoms with Crippen LogP contribution in [0.1, 0.15) is 31.7 Å². The molecule has 0 radical (unpaired) electrons. The molecule has 0 aromatic heterocycles. The van der Waals surface area contributed by atoms with E-state index < -0.39 is 5.41 Å². The summed E-state index contributed by atoms with van der Waals surface area (Å²) in [6.45, 7) is 3.03. The molecule has 1 fully saturated rings. The largest absolute Gasteiger partial charge is 0.494 e. The van der Waals surface area contributed by atoms with Gasteiger partial charge in [-0.25, -0.2) is 0 Å². The predicted octanol–water partition coefficient (Wildman–Crippen LogP) is 1.86. The van der Waals surface area contributed by atoms with Gasteiger partial charge in [0.15, 0.2) is 0 Å². The second kappa shape index (κ2) is 6.06. The summed E-state index contributed by atoms with van der Waals surface area (Å²) in [5.41, 5.74) is 0.509. The highest BCUT2D eigenvalue weighted by Gasteiger charge is 2.43. The second-order valence-electron chi connectivity index (χ2n) is 5.05. The number of aliphatic hydroxyl groups excluding tert-OH is 1. The second-order valence-corrected chi connectivity index (χ2v) is 5.05. The van der Waals surface area contributed by atoms with Gasteiger partial charge in [0.25, 0.3) is 0 Å². The summed E-state index contributed by atoms with van der Waals surface area (Å²) in [6, 6.07) is 7.68. The molecule has 2 rings (SSSR count). The quantitative estimate of drug-likeness (QED) is 0.823. The minimum atomic E-state index is -0.523. The summed E-state index contributed by atoms with van der Waals surface area (Å²) in [6.07, 6.45) is 2.61. The molecule has 0 saturated heterocycles. The Hall–Kier alpha value is -1.55. The van der Waals surface area contributed by atoms with Crippen LogP contribution in [-0.2, 0) is 11.3 Å². The highest BCUT2D eigenvalue weighted by Crippen LogP contribution is 2.40. The minimum Gasteiger partial charge on any atom is -0.494 e. The van der Waals surface area contributed by atoms with Crippen molar-refractivity contribution >= 4 is 5.91 Å². The summed E-state index contributed by atoms with van der Waals surface area (Å²) in [4.78, 5) is 12.0. The topological polar surface area (TPSA) is 58.6 Å². The van der Waals surface area contributed by atoms with Crippen LogP contribution in [0.2, 0.25) is 0 Å². The molecule has 0 unspecified atom stereocenters. The van der Waals surface area contributed by atoms with E-state index in [1.165, 1.54) is 0 Å². The van der Waals surface area contributed by atoms with Gasteiger partial charge in [-0.05, 0) is 37.5 Å². The fourth-order valence-corrected chi connectivity index (χ4v) is 2.30. The van der Waals surface area contributed by atoms with Gasteiger partial charge < -0.3 is 15.2 Å². The summed E-state index contributed by atoms with van der Waals surface area (Å²) >= 11 is 0. The molecule has 1 amide bonds. The number of amides is 1. The number of carbonyl (C=O) groups is 1. The molecule has 1 aromatic carbocycles. The fourth-order valence-electron chi connectivity index (χ4n) is 2.30. The third-order valence-corrected chi connectivity index (χ3v) is 3.78. The maximum absolute atomic E-state index is 12.0. The van der Waals surface area contributed by atoms with Crippen molar-refractivity contribution in [2.45, 2.75) is 32.7 Å². The molecule has 1 aliphatic carbocycles. The van der Waals surface area contributed by atoms with Gasteiger partial charge in [-0.2, -0.15) is 0 Å². The van der Waals surface area contributed by atoms with Crippen molar-refractivity contribution in [3.63, 3.8) is 0 Å². The van der Waals surface area contributed by atoms with Crippen molar-refractivity contribution in [1.29, 1.82) is 0 Å². The van der Waals surface area contributed by atoms with Crippen molar-refractivity contribution in [3.05, 3.63) is 29.8 Å². The van der Waals surface area contributed by atoms with E-state index in [-0.39, 0.29) is 12.5 Å². The van der Waals surface area contributed by atoms with Crippen molar-refractivity contribution in [3.8, 4) is 5.75 Å². The maximum atomic E-state index is 12.0.